The third-order valence-electron chi connectivity index (χ3n) is 8.92. The average Bonchev–Trinajstić information content (AvgIpc) is 3.04. The third-order valence-corrected chi connectivity index (χ3v) is 8.92. The number of amides is 1. The minimum absolute atomic E-state index is 0.196. The van der Waals surface area contributed by atoms with E-state index in [1.165, 1.54) is 0 Å². The molecule has 2 atom stereocenters. The van der Waals surface area contributed by atoms with Crippen molar-refractivity contribution in [1.82, 2.24) is 4.90 Å². The van der Waals surface area contributed by atoms with Crippen molar-refractivity contribution in [3.8, 4) is 11.8 Å². The van der Waals surface area contributed by atoms with E-state index in [-0.39, 0.29) is 11.7 Å². The molecule has 0 aromatic heterocycles. The molecule has 208 valence electrons. The number of piperidine rings is 1. The molecule has 1 saturated heterocycles. The topological polar surface area (TPSA) is 70.4 Å². The van der Waals surface area contributed by atoms with Crippen molar-refractivity contribution in [2.24, 2.45) is 5.41 Å². The number of nitriles is 1. The van der Waals surface area contributed by atoms with Crippen LogP contribution in [0.4, 0.5) is 0 Å². The fourth-order valence-corrected chi connectivity index (χ4v) is 6.68. The summed E-state index contributed by atoms with van der Waals surface area (Å²) in [4.78, 5) is 29.7. The Hall–Kier alpha value is -4.43. The highest BCUT2D eigenvalue weighted by molar-refractivity contribution is 5.93. The normalized spacial score (nSPS) is 16.8. The first-order valence-electron chi connectivity index (χ1n) is 14.3. The Morgan fingerprint density at radius 1 is 0.902 bits per heavy atom. The summed E-state index contributed by atoms with van der Waals surface area (Å²) in [6.07, 6.45) is 1.50. The largest absolute Gasteiger partial charge is 0.496 e. The Bertz CT molecular complexity index is 1590. The average molecular weight is 545 g/mol. The number of rotatable bonds is 8. The standard InChI is InChI=1S/C36H36N2O3/c1-4-32(39)36(27-15-6-5-7-16-27)21-23-38(24-22-36)34(40)35(2,25-37)33(30-18-10-11-20-31(30)41-3)29-19-12-14-26-13-8-9-17-28(26)29/h5-20,33H,4,21-24H2,1-3H3/t33-,35+/m0/s1. The lowest BCUT2D eigenvalue weighted by Gasteiger charge is -2.44. The highest BCUT2D eigenvalue weighted by atomic mass is 16.5. The van der Waals surface area contributed by atoms with Gasteiger partial charge in [0.1, 0.15) is 16.9 Å². The van der Waals surface area contributed by atoms with Gasteiger partial charge in [0.05, 0.1) is 18.6 Å². The molecule has 0 spiro atoms. The van der Waals surface area contributed by atoms with Crippen LogP contribution in [0.25, 0.3) is 10.8 Å². The molecule has 1 aliphatic rings. The smallest absolute Gasteiger partial charge is 0.243 e. The third kappa shape index (κ3) is 4.89. The molecule has 1 heterocycles. The summed E-state index contributed by atoms with van der Waals surface area (Å²) in [6, 6.07) is 34.1. The van der Waals surface area contributed by atoms with Crippen LogP contribution in [-0.4, -0.2) is 36.8 Å². The summed E-state index contributed by atoms with van der Waals surface area (Å²) < 4.78 is 5.77. The molecule has 1 aliphatic heterocycles. The van der Waals surface area contributed by atoms with Gasteiger partial charge in [-0.2, -0.15) is 5.26 Å². The van der Waals surface area contributed by atoms with Gasteiger partial charge < -0.3 is 9.64 Å². The molecule has 0 saturated carbocycles. The van der Waals surface area contributed by atoms with Gasteiger partial charge in [0.2, 0.25) is 5.91 Å². The maximum Gasteiger partial charge on any atom is 0.243 e. The number of benzene rings is 4. The quantitative estimate of drug-likeness (QED) is 0.238. The Morgan fingerprint density at radius 2 is 1.51 bits per heavy atom. The number of nitrogens with zero attached hydrogens (tertiary/aromatic N) is 2. The Kier molecular flexibility index (Phi) is 7.94. The van der Waals surface area contributed by atoms with Crippen LogP contribution in [0, 0.1) is 16.7 Å². The van der Waals surface area contributed by atoms with E-state index in [1.807, 2.05) is 104 Å². The van der Waals surface area contributed by atoms with Gasteiger partial charge in [-0.05, 0) is 47.7 Å². The molecule has 1 fully saturated rings. The van der Waals surface area contributed by atoms with Gasteiger partial charge in [-0.15, -0.1) is 0 Å². The minimum atomic E-state index is -1.43. The Labute approximate surface area is 242 Å². The van der Waals surface area contributed by atoms with Crippen LogP contribution < -0.4 is 4.74 Å². The van der Waals surface area contributed by atoms with E-state index >= 15 is 0 Å². The van der Waals surface area contributed by atoms with E-state index < -0.39 is 16.7 Å². The lowest BCUT2D eigenvalue weighted by molar-refractivity contribution is -0.142. The van der Waals surface area contributed by atoms with Crippen LogP contribution in [0.3, 0.4) is 0 Å². The van der Waals surface area contributed by atoms with Gasteiger partial charge in [0.15, 0.2) is 0 Å². The number of likely N-dealkylation sites (tertiary alicyclic amines) is 1. The molecule has 5 nitrogen and oxygen atoms in total. The van der Waals surface area contributed by atoms with Crippen molar-refractivity contribution in [3.05, 3.63) is 114 Å². The van der Waals surface area contributed by atoms with Gasteiger partial charge in [0, 0.05) is 31.0 Å². The summed E-state index contributed by atoms with van der Waals surface area (Å²) >= 11 is 0. The molecular weight excluding hydrogens is 508 g/mol. The Morgan fingerprint density at radius 3 is 2.20 bits per heavy atom. The first-order valence-corrected chi connectivity index (χ1v) is 14.3. The molecule has 41 heavy (non-hydrogen) atoms. The number of methoxy groups -OCH3 is 1. The van der Waals surface area contributed by atoms with Gasteiger partial charge in [-0.25, -0.2) is 0 Å². The zero-order chi connectivity index (χ0) is 29.0. The Balaban J connectivity index is 1.57. The molecule has 0 bridgehead atoms. The zero-order valence-electron chi connectivity index (χ0n) is 24.0. The predicted octanol–water partition coefficient (Wildman–Crippen LogP) is 7.05. The number of hydrogen-bond donors (Lipinski definition) is 0. The molecule has 0 radical (unpaired) electrons. The van der Waals surface area contributed by atoms with Crippen LogP contribution in [0.1, 0.15) is 55.7 Å². The van der Waals surface area contributed by atoms with E-state index in [0.29, 0.717) is 38.1 Å². The maximum absolute atomic E-state index is 14.5. The van der Waals surface area contributed by atoms with E-state index in [1.54, 1.807) is 18.9 Å². The van der Waals surface area contributed by atoms with Crippen molar-refractivity contribution >= 4 is 22.5 Å². The van der Waals surface area contributed by atoms with Crippen molar-refractivity contribution in [1.29, 1.82) is 5.26 Å². The number of hydrogen-bond acceptors (Lipinski definition) is 4. The van der Waals surface area contributed by atoms with E-state index in [2.05, 4.69) is 6.07 Å². The van der Waals surface area contributed by atoms with E-state index in [0.717, 1.165) is 27.5 Å². The molecule has 1 amide bonds. The number of fused-ring (bicyclic) bond motifs is 1. The van der Waals surface area contributed by atoms with Crippen LogP contribution in [0.5, 0.6) is 5.75 Å². The SMILES string of the molecule is CCC(=O)C1(c2ccccc2)CCN(C(=O)[C@](C)(C#N)[C@H](c2ccccc2OC)c2cccc3ccccc23)CC1. The fraction of sp³-hybridized carbons (Fsp3) is 0.306. The van der Waals surface area contributed by atoms with Crippen molar-refractivity contribution in [3.63, 3.8) is 0 Å². The minimum Gasteiger partial charge on any atom is -0.496 e. The lowest BCUT2D eigenvalue weighted by atomic mass is 9.66. The van der Waals surface area contributed by atoms with Crippen molar-refractivity contribution in [2.75, 3.05) is 20.2 Å². The zero-order valence-corrected chi connectivity index (χ0v) is 24.0. The van der Waals surface area contributed by atoms with E-state index in [9.17, 15) is 14.9 Å². The molecule has 0 unspecified atom stereocenters. The maximum atomic E-state index is 14.5. The summed E-state index contributed by atoms with van der Waals surface area (Å²) in [7, 11) is 1.61. The van der Waals surface area contributed by atoms with Crippen molar-refractivity contribution in [2.45, 2.75) is 44.4 Å². The predicted molar refractivity (Wildman–Crippen MR) is 162 cm³/mol. The van der Waals surface area contributed by atoms with Gasteiger partial charge in [-0.1, -0.05) is 97.9 Å². The monoisotopic (exact) mass is 544 g/mol. The number of para-hydroxylation sites is 1. The molecular formula is C36H36N2O3. The molecule has 0 N–H and O–H groups in total. The second-order valence-corrected chi connectivity index (χ2v) is 11.1. The van der Waals surface area contributed by atoms with Crippen LogP contribution in [0.15, 0.2) is 97.1 Å². The van der Waals surface area contributed by atoms with Gasteiger partial charge >= 0.3 is 0 Å². The second kappa shape index (κ2) is 11.6. The molecule has 4 aromatic carbocycles. The summed E-state index contributed by atoms with van der Waals surface area (Å²) in [5, 5.41) is 12.9. The summed E-state index contributed by atoms with van der Waals surface area (Å²) in [6.45, 7) is 4.47. The second-order valence-electron chi connectivity index (χ2n) is 11.1. The first kappa shape index (κ1) is 28.1. The van der Waals surface area contributed by atoms with Gasteiger partial charge in [-0.3, -0.25) is 9.59 Å². The number of carbonyl (C=O) groups excluding carboxylic acids is 2. The number of Topliss-reactive ketones (excluding diaryl/α,β-unsaturated/α-hetero) is 1. The van der Waals surface area contributed by atoms with Crippen LogP contribution >= 0.6 is 0 Å². The lowest BCUT2D eigenvalue weighted by Crippen LogP contribution is -2.53. The molecule has 5 rings (SSSR count). The molecule has 5 heteroatoms. The summed E-state index contributed by atoms with van der Waals surface area (Å²) in [5.41, 5.74) is 0.653. The highest BCUT2D eigenvalue weighted by Crippen LogP contribution is 2.48. The number of ketones is 1. The molecule has 0 aliphatic carbocycles. The fourth-order valence-electron chi connectivity index (χ4n) is 6.68. The number of ether oxygens (including phenoxy) is 1. The van der Waals surface area contributed by atoms with Crippen LogP contribution in [-0.2, 0) is 15.0 Å². The van der Waals surface area contributed by atoms with E-state index in [4.69, 9.17) is 4.74 Å². The molecule has 4 aromatic rings. The van der Waals surface area contributed by atoms with Gasteiger partial charge in [0.25, 0.3) is 0 Å². The van der Waals surface area contributed by atoms with Crippen LogP contribution in [0.2, 0.25) is 0 Å². The number of carbonyl (C=O) groups is 2. The van der Waals surface area contributed by atoms with Crippen molar-refractivity contribution < 1.29 is 14.3 Å². The summed E-state index contributed by atoms with van der Waals surface area (Å²) in [5.74, 6) is 0.0197. The first-order chi connectivity index (χ1) is 19.9. The highest BCUT2D eigenvalue weighted by Gasteiger charge is 2.50.